The maximum atomic E-state index is 11.8. The Bertz CT molecular complexity index is 462. The summed E-state index contributed by atoms with van der Waals surface area (Å²) in [6.07, 6.45) is -1.08. The molecule has 0 saturated heterocycles. The van der Waals surface area contributed by atoms with Crippen molar-refractivity contribution in [1.82, 2.24) is 15.5 Å². The van der Waals surface area contributed by atoms with Crippen molar-refractivity contribution in [3.63, 3.8) is 0 Å². The Balaban J connectivity index is 2.78. The maximum Gasteiger partial charge on any atom is 0.334 e. The largest absolute Gasteiger partial charge is 0.479 e. The van der Waals surface area contributed by atoms with Crippen LogP contribution in [0.2, 0.25) is 0 Å². The van der Waals surface area contributed by atoms with Crippen molar-refractivity contribution < 1.29 is 19.8 Å². The fourth-order valence-corrected chi connectivity index (χ4v) is 1.34. The lowest BCUT2D eigenvalue weighted by Crippen LogP contribution is -2.37. The molecule has 0 aliphatic heterocycles. The van der Waals surface area contributed by atoms with Gasteiger partial charge in [-0.2, -0.15) is 10.2 Å². The van der Waals surface area contributed by atoms with E-state index < -0.39 is 18.0 Å². The Morgan fingerprint density at radius 2 is 2.11 bits per heavy atom. The van der Waals surface area contributed by atoms with Gasteiger partial charge in [0, 0.05) is 0 Å². The van der Waals surface area contributed by atoms with Gasteiger partial charge in [0.1, 0.15) is 0 Å². The molecular formula is C11H15N3O4. The molecule has 1 aromatic rings. The van der Waals surface area contributed by atoms with Gasteiger partial charge in [-0.05, 0) is 19.4 Å². The second kappa shape index (κ2) is 6.06. The lowest BCUT2D eigenvalue weighted by Gasteiger charge is -2.10. The van der Waals surface area contributed by atoms with Crippen LogP contribution >= 0.6 is 0 Å². The maximum absolute atomic E-state index is 11.8. The summed E-state index contributed by atoms with van der Waals surface area (Å²) in [5.74, 6) is -1.85. The Hall–Kier alpha value is -2.02. The van der Waals surface area contributed by atoms with Gasteiger partial charge in [-0.15, -0.1) is 0 Å². The molecule has 0 radical (unpaired) electrons. The molecule has 0 aliphatic carbocycles. The molecule has 0 aliphatic rings. The topological polar surface area (TPSA) is 112 Å². The molecule has 0 saturated carbocycles. The highest BCUT2D eigenvalue weighted by atomic mass is 16.4. The number of nitrogens with zero attached hydrogens (tertiary/aromatic N) is 2. The van der Waals surface area contributed by atoms with Crippen molar-refractivity contribution >= 4 is 11.9 Å². The monoisotopic (exact) mass is 253 g/mol. The standard InChI is InChI=1S/C11H15N3O4/c1-3-8-7(4-6(2)13-14-8)10(16)12-5-9(15)11(17)18/h4,9,15H,3,5H2,1-2H3,(H,12,16)(H,17,18)/t9-/m0/s1. The van der Waals surface area contributed by atoms with Gasteiger partial charge in [0.05, 0.1) is 23.5 Å². The number of amides is 1. The first-order valence-electron chi connectivity index (χ1n) is 5.48. The number of carbonyl (C=O) groups excluding carboxylic acids is 1. The number of aromatic nitrogens is 2. The van der Waals surface area contributed by atoms with E-state index in [-0.39, 0.29) is 6.54 Å². The molecular weight excluding hydrogens is 238 g/mol. The van der Waals surface area contributed by atoms with Crippen LogP contribution in [-0.4, -0.2) is 44.9 Å². The fourth-order valence-electron chi connectivity index (χ4n) is 1.34. The molecule has 1 heterocycles. The third-order valence-electron chi connectivity index (χ3n) is 2.31. The molecule has 3 N–H and O–H groups in total. The van der Waals surface area contributed by atoms with Gasteiger partial charge in [-0.3, -0.25) is 4.79 Å². The molecule has 98 valence electrons. The zero-order valence-corrected chi connectivity index (χ0v) is 10.2. The van der Waals surface area contributed by atoms with Crippen molar-refractivity contribution in [2.75, 3.05) is 6.54 Å². The van der Waals surface area contributed by atoms with Crippen LogP contribution in [-0.2, 0) is 11.2 Å². The third-order valence-corrected chi connectivity index (χ3v) is 2.31. The van der Waals surface area contributed by atoms with Crippen LogP contribution in [0.4, 0.5) is 0 Å². The van der Waals surface area contributed by atoms with E-state index in [0.717, 1.165) is 0 Å². The van der Waals surface area contributed by atoms with Crippen LogP contribution in [0, 0.1) is 6.92 Å². The van der Waals surface area contributed by atoms with Crippen molar-refractivity contribution in [2.45, 2.75) is 26.4 Å². The first-order valence-corrected chi connectivity index (χ1v) is 5.48. The molecule has 0 unspecified atom stereocenters. The summed E-state index contributed by atoms with van der Waals surface area (Å²) in [5.41, 5.74) is 1.47. The summed E-state index contributed by atoms with van der Waals surface area (Å²) in [5, 5.41) is 27.6. The smallest absolute Gasteiger partial charge is 0.334 e. The number of rotatable bonds is 5. The van der Waals surface area contributed by atoms with E-state index in [1.165, 1.54) is 0 Å². The van der Waals surface area contributed by atoms with Crippen LogP contribution in [0.25, 0.3) is 0 Å². The number of carboxylic acids is 1. The predicted molar refractivity (Wildman–Crippen MR) is 62.1 cm³/mol. The minimum Gasteiger partial charge on any atom is -0.479 e. The van der Waals surface area contributed by atoms with Gasteiger partial charge in [-0.25, -0.2) is 4.79 Å². The van der Waals surface area contributed by atoms with Gasteiger partial charge in [0.15, 0.2) is 6.10 Å². The van der Waals surface area contributed by atoms with Gasteiger partial charge in [0.25, 0.3) is 5.91 Å². The summed E-state index contributed by atoms with van der Waals surface area (Å²) in [6.45, 7) is 3.19. The van der Waals surface area contributed by atoms with Crippen molar-refractivity contribution in [3.05, 3.63) is 23.0 Å². The van der Waals surface area contributed by atoms with Crippen LogP contribution in [0.15, 0.2) is 6.07 Å². The van der Waals surface area contributed by atoms with E-state index >= 15 is 0 Å². The van der Waals surface area contributed by atoms with Crippen molar-refractivity contribution in [2.24, 2.45) is 0 Å². The summed E-state index contributed by atoms with van der Waals surface area (Å²) < 4.78 is 0. The SMILES string of the molecule is CCc1nnc(C)cc1C(=O)NC[C@H](O)C(=O)O. The first-order chi connectivity index (χ1) is 8.45. The normalized spacial score (nSPS) is 11.9. The summed E-state index contributed by atoms with van der Waals surface area (Å²) in [6, 6.07) is 1.58. The number of hydrogen-bond acceptors (Lipinski definition) is 5. The molecule has 1 aromatic heterocycles. The highest BCUT2D eigenvalue weighted by molar-refractivity contribution is 5.95. The summed E-state index contributed by atoms with van der Waals surface area (Å²) in [7, 11) is 0. The molecule has 0 fully saturated rings. The number of carboxylic acid groups (broad SMARTS) is 1. The van der Waals surface area contributed by atoms with E-state index in [1.54, 1.807) is 13.0 Å². The van der Waals surface area contributed by atoms with Gasteiger partial charge >= 0.3 is 5.97 Å². The molecule has 1 amide bonds. The Labute approximate surface area is 104 Å². The molecule has 0 bridgehead atoms. The van der Waals surface area contributed by atoms with E-state index in [0.29, 0.717) is 23.4 Å². The van der Waals surface area contributed by atoms with E-state index in [4.69, 9.17) is 10.2 Å². The van der Waals surface area contributed by atoms with Gasteiger partial charge in [-0.1, -0.05) is 6.92 Å². The minimum absolute atomic E-state index is 0.349. The number of hydrogen-bond donors (Lipinski definition) is 3. The third kappa shape index (κ3) is 3.49. The van der Waals surface area contributed by atoms with Crippen molar-refractivity contribution in [3.8, 4) is 0 Å². The van der Waals surface area contributed by atoms with Crippen molar-refractivity contribution in [1.29, 1.82) is 0 Å². The van der Waals surface area contributed by atoms with Crippen LogP contribution in [0.3, 0.4) is 0 Å². The highest BCUT2D eigenvalue weighted by Gasteiger charge is 2.17. The Morgan fingerprint density at radius 3 is 2.67 bits per heavy atom. The van der Waals surface area contributed by atoms with E-state index in [1.807, 2.05) is 6.92 Å². The zero-order valence-electron chi connectivity index (χ0n) is 10.2. The zero-order chi connectivity index (χ0) is 13.7. The Kier molecular flexibility index (Phi) is 4.73. The Morgan fingerprint density at radius 1 is 1.44 bits per heavy atom. The average molecular weight is 253 g/mol. The number of carbonyl (C=O) groups is 2. The number of aliphatic hydroxyl groups excluding tert-OH is 1. The lowest BCUT2D eigenvalue weighted by atomic mass is 10.1. The van der Waals surface area contributed by atoms with Gasteiger partial charge < -0.3 is 15.5 Å². The number of aliphatic hydroxyl groups is 1. The van der Waals surface area contributed by atoms with Gasteiger partial charge in [0.2, 0.25) is 0 Å². The van der Waals surface area contributed by atoms with E-state index in [2.05, 4.69) is 15.5 Å². The molecule has 7 heteroatoms. The molecule has 0 spiro atoms. The van der Waals surface area contributed by atoms with Crippen LogP contribution < -0.4 is 5.32 Å². The fraction of sp³-hybridized carbons (Fsp3) is 0.455. The molecule has 18 heavy (non-hydrogen) atoms. The lowest BCUT2D eigenvalue weighted by molar-refractivity contribution is -0.146. The second-order valence-electron chi connectivity index (χ2n) is 3.76. The molecule has 0 aromatic carbocycles. The molecule has 7 nitrogen and oxygen atoms in total. The van der Waals surface area contributed by atoms with Crippen LogP contribution in [0.1, 0.15) is 28.7 Å². The minimum atomic E-state index is -1.62. The second-order valence-corrected chi connectivity index (χ2v) is 3.76. The highest BCUT2D eigenvalue weighted by Crippen LogP contribution is 2.07. The van der Waals surface area contributed by atoms with Crippen LogP contribution in [0.5, 0.6) is 0 Å². The van der Waals surface area contributed by atoms with E-state index in [9.17, 15) is 9.59 Å². The predicted octanol–water partition coefficient (Wildman–Crippen LogP) is -0.477. The summed E-state index contributed by atoms with van der Waals surface area (Å²) >= 11 is 0. The molecule has 1 rings (SSSR count). The number of aryl methyl sites for hydroxylation is 2. The number of aliphatic carboxylic acids is 1. The first kappa shape index (κ1) is 14.0. The molecule has 1 atom stereocenters. The summed E-state index contributed by atoms with van der Waals surface area (Å²) in [4.78, 5) is 22.2. The quantitative estimate of drug-likeness (QED) is 0.653. The average Bonchev–Trinajstić information content (AvgIpc) is 2.35. The number of nitrogens with one attached hydrogen (secondary N) is 1.